The van der Waals surface area contributed by atoms with E-state index in [0.29, 0.717) is 22.4 Å². The van der Waals surface area contributed by atoms with Crippen LogP contribution in [0.4, 0.5) is 4.39 Å². The first-order valence-electron chi connectivity index (χ1n) is 6.59. The van der Waals surface area contributed by atoms with Crippen LogP contribution >= 0.6 is 11.6 Å². The minimum absolute atomic E-state index is 0.419. The summed E-state index contributed by atoms with van der Waals surface area (Å²) in [5.41, 5.74) is 1.18. The van der Waals surface area contributed by atoms with E-state index in [1.807, 2.05) is 0 Å². The third-order valence-corrected chi connectivity index (χ3v) is 3.73. The lowest BCUT2D eigenvalue weighted by atomic mass is 9.82. The maximum atomic E-state index is 13.0. The molecular weight excluding hydrogens is 309 g/mol. The van der Waals surface area contributed by atoms with Gasteiger partial charge in [-0.2, -0.15) is 0 Å². The highest BCUT2D eigenvalue weighted by molar-refractivity contribution is 6.30. The van der Waals surface area contributed by atoms with Gasteiger partial charge in [-0.25, -0.2) is 4.39 Å². The molecule has 0 aliphatic carbocycles. The Bertz CT molecular complexity index is 658. The van der Waals surface area contributed by atoms with Crippen molar-refractivity contribution in [3.05, 3.63) is 80.6 Å². The molecule has 2 rings (SSSR count). The van der Waals surface area contributed by atoms with Gasteiger partial charge in [0, 0.05) is 9.95 Å². The second-order valence-corrected chi connectivity index (χ2v) is 5.32. The zero-order valence-electron chi connectivity index (χ0n) is 11.5. The molecular formula is C16H13ClFNO3. The number of benzene rings is 2. The predicted molar refractivity (Wildman–Crippen MR) is 81.3 cm³/mol. The van der Waals surface area contributed by atoms with Crippen LogP contribution in [0.5, 0.6) is 0 Å². The summed E-state index contributed by atoms with van der Waals surface area (Å²) < 4.78 is 13.0. The van der Waals surface area contributed by atoms with Crippen molar-refractivity contribution in [3.8, 4) is 0 Å². The minimum atomic E-state index is -0.701. The zero-order chi connectivity index (χ0) is 16.1. The number of carbonyl (C=O) groups excluding carboxylic acids is 1. The molecule has 0 aromatic heterocycles. The van der Waals surface area contributed by atoms with Crippen molar-refractivity contribution in [1.29, 1.82) is 0 Å². The van der Waals surface area contributed by atoms with Crippen LogP contribution in [0.25, 0.3) is 0 Å². The second-order valence-electron chi connectivity index (χ2n) is 4.89. The molecule has 0 heterocycles. The molecule has 6 heteroatoms. The van der Waals surface area contributed by atoms with Crippen molar-refractivity contribution < 1.29 is 14.1 Å². The third kappa shape index (κ3) is 3.89. The normalized spacial score (nSPS) is 13.4. The number of nitrogens with zero attached hydrogens (tertiary/aromatic N) is 1. The fraction of sp³-hybridized carbons (Fsp3) is 0.188. The molecule has 0 N–H and O–H groups in total. The highest BCUT2D eigenvalue weighted by Gasteiger charge is 2.29. The van der Waals surface area contributed by atoms with Crippen LogP contribution in [0, 0.1) is 15.9 Å². The Labute approximate surface area is 131 Å². The van der Waals surface area contributed by atoms with Gasteiger partial charge in [0.25, 0.3) is 0 Å². The average molecular weight is 322 g/mol. The van der Waals surface area contributed by atoms with E-state index in [1.165, 1.54) is 24.3 Å². The van der Waals surface area contributed by atoms with Crippen LogP contribution in [0.15, 0.2) is 48.5 Å². The Morgan fingerprint density at radius 1 is 1.09 bits per heavy atom. The third-order valence-electron chi connectivity index (χ3n) is 3.48. The number of rotatable bonds is 6. The molecule has 0 bridgehead atoms. The van der Waals surface area contributed by atoms with Gasteiger partial charge in [-0.15, -0.1) is 0 Å². The van der Waals surface area contributed by atoms with Gasteiger partial charge in [0.15, 0.2) is 0 Å². The molecule has 2 atom stereocenters. The Morgan fingerprint density at radius 2 is 1.64 bits per heavy atom. The molecule has 2 aromatic rings. The van der Waals surface area contributed by atoms with E-state index in [4.69, 9.17) is 11.6 Å². The SMILES string of the molecule is O=C[C@H](c1ccc(Cl)cc1)[C@@H](C[N+](=O)[O-])c1ccc(F)cc1. The Balaban J connectivity index is 2.41. The predicted octanol–water partition coefficient (Wildman–Crippen LogP) is 3.82. The Morgan fingerprint density at radius 3 is 2.14 bits per heavy atom. The molecule has 0 spiro atoms. The number of hydrogen-bond acceptors (Lipinski definition) is 3. The van der Waals surface area contributed by atoms with Crippen molar-refractivity contribution in [1.82, 2.24) is 0 Å². The molecule has 2 aromatic carbocycles. The maximum absolute atomic E-state index is 13.0. The lowest BCUT2D eigenvalue weighted by Crippen LogP contribution is -2.21. The van der Waals surface area contributed by atoms with Gasteiger partial charge < -0.3 is 4.79 Å². The first-order chi connectivity index (χ1) is 10.5. The van der Waals surface area contributed by atoms with E-state index in [2.05, 4.69) is 0 Å². The van der Waals surface area contributed by atoms with Gasteiger partial charge >= 0.3 is 0 Å². The summed E-state index contributed by atoms with van der Waals surface area (Å²) >= 11 is 5.82. The summed E-state index contributed by atoms with van der Waals surface area (Å²) in [6, 6.07) is 12.0. The summed E-state index contributed by atoms with van der Waals surface area (Å²) in [6.07, 6.45) is 0.681. The van der Waals surface area contributed by atoms with Crippen molar-refractivity contribution in [3.63, 3.8) is 0 Å². The lowest BCUT2D eigenvalue weighted by molar-refractivity contribution is -0.483. The first-order valence-corrected chi connectivity index (χ1v) is 6.97. The molecule has 0 saturated carbocycles. The molecule has 0 aliphatic rings. The number of nitro groups is 1. The van der Waals surface area contributed by atoms with E-state index in [1.54, 1.807) is 24.3 Å². The van der Waals surface area contributed by atoms with Gasteiger partial charge in [0.05, 0.1) is 11.8 Å². The number of halogens is 2. The zero-order valence-corrected chi connectivity index (χ0v) is 12.2. The van der Waals surface area contributed by atoms with Crippen molar-refractivity contribution in [2.24, 2.45) is 0 Å². The molecule has 0 fully saturated rings. The summed E-state index contributed by atoms with van der Waals surface area (Å²) in [7, 11) is 0. The summed E-state index contributed by atoms with van der Waals surface area (Å²) in [5.74, 6) is -1.81. The van der Waals surface area contributed by atoms with Crippen LogP contribution in [-0.2, 0) is 4.79 Å². The molecule has 0 aliphatic heterocycles. The van der Waals surface area contributed by atoms with Gasteiger partial charge in [0.2, 0.25) is 6.54 Å². The van der Waals surface area contributed by atoms with Crippen LogP contribution < -0.4 is 0 Å². The molecule has 0 unspecified atom stereocenters. The monoisotopic (exact) mass is 321 g/mol. The van der Waals surface area contributed by atoms with Crippen molar-refractivity contribution in [2.75, 3.05) is 6.54 Å². The minimum Gasteiger partial charge on any atom is -0.303 e. The fourth-order valence-corrected chi connectivity index (χ4v) is 2.51. The number of carbonyl (C=O) groups is 1. The van der Waals surface area contributed by atoms with Gasteiger partial charge in [-0.1, -0.05) is 35.9 Å². The maximum Gasteiger partial charge on any atom is 0.211 e. The molecule has 22 heavy (non-hydrogen) atoms. The smallest absolute Gasteiger partial charge is 0.211 e. The van der Waals surface area contributed by atoms with Crippen LogP contribution in [0.3, 0.4) is 0 Å². The van der Waals surface area contributed by atoms with Gasteiger partial charge in [-0.3, -0.25) is 10.1 Å². The number of hydrogen-bond donors (Lipinski definition) is 0. The molecule has 114 valence electrons. The highest BCUT2D eigenvalue weighted by Crippen LogP contribution is 2.32. The van der Waals surface area contributed by atoms with E-state index in [-0.39, 0.29) is 0 Å². The van der Waals surface area contributed by atoms with Gasteiger partial charge in [0.1, 0.15) is 12.1 Å². The quantitative estimate of drug-likeness (QED) is 0.461. The summed E-state index contributed by atoms with van der Waals surface area (Å²) in [5, 5.41) is 11.5. The Kier molecular flexibility index (Phi) is 5.22. The largest absolute Gasteiger partial charge is 0.303 e. The molecule has 0 radical (unpaired) electrons. The standard InChI is InChI=1S/C16H13ClFNO3/c17-13-5-1-12(2-6-13)16(10-20)15(9-19(21)22)11-3-7-14(18)8-4-11/h1-8,10,15-16H,9H2/t15-,16+/m0/s1. The van der Waals surface area contributed by atoms with Crippen LogP contribution in [0.1, 0.15) is 23.0 Å². The lowest BCUT2D eigenvalue weighted by Gasteiger charge is -2.20. The average Bonchev–Trinajstić information content (AvgIpc) is 2.49. The van der Waals surface area contributed by atoms with Crippen LogP contribution in [-0.4, -0.2) is 17.8 Å². The van der Waals surface area contributed by atoms with E-state index in [9.17, 15) is 19.3 Å². The van der Waals surface area contributed by atoms with Crippen molar-refractivity contribution >= 4 is 17.9 Å². The molecule has 0 saturated heterocycles. The highest BCUT2D eigenvalue weighted by atomic mass is 35.5. The van der Waals surface area contributed by atoms with E-state index < -0.39 is 29.1 Å². The topological polar surface area (TPSA) is 60.2 Å². The van der Waals surface area contributed by atoms with Gasteiger partial charge in [-0.05, 0) is 35.4 Å². The second kappa shape index (κ2) is 7.13. The van der Waals surface area contributed by atoms with Crippen molar-refractivity contribution in [2.45, 2.75) is 11.8 Å². The summed E-state index contributed by atoms with van der Waals surface area (Å²) in [4.78, 5) is 22.0. The fourth-order valence-electron chi connectivity index (χ4n) is 2.39. The number of aldehydes is 1. The van der Waals surface area contributed by atoms with E-state index >= 15 is 0 Å². The molecule has 0 amide bonds. The van der Waals surface area contributed by atoms with E-state index in [0.717, 1.165) is 0 Å². The summed E-state index contributed by atoms with van der Waals surface area (Å²) in [6.45, 7) is -0.419. The molecule has 4 nitrogen and oxygen atoms in total. The first kappa shape index (κ1) is 16.1. The van der Waals surface area contributed by atoms with Crippen LogP contribution in [0.2, 0.25) is 5.02 Å². The Hall–Kier alpha value is -2.27.